The van der Waals surface area contributed by atoms with E-state index in [4.69, 9.17) is 9.47 Å². The minimum atomic E-state index is -0.251. The number of esters is 1. The molecule has 110 valence electrons. The van der Waals surface area contributed by atoms with E-state index in [9.17, 15) is 4.79 Å². The first kappa shape index (κ1) is 14.9. The van der Waals surface area contributed by atoms with Crippen LogP contribution in [-0.2, 0) is 9.53 Å². The SMILES string of the molecule is COC(=O)[C@@H]1C[C@@H](Oc2cc(C(C)C)ccc2C)CN1. The molecule has 1 saturated heterocycles. The van der Waals surface area contributed by atoms with Gasteiger partial charge in [-0.2, -0.15) is 0 Å². The molecule has 1 aromatic carbocycles. The van der Waals surface area contributed by atoms with Crippen molar-refractivity contribution in [3.05, 3.63) is 29.3 Å². The molecule has 0 saturated carbocycles. The van der Waals surface area contributed by atoms with Crippen LogP contribution >= 0.6 is 0 Å². The van der Waals surface area contributed by atoms with E-state index in [0.29, 0.717) is 18.9 Å². The predicted molar refractivity (Wildman–Crippen MR) is 78.1 cm³/mol. The van der Waals surface area contributed by atoms with Crippen LogP contribution in [0, 0.1) is 6.92 Å². The van der Waals surface area contributed by atoms with Gasteiger partial charge in [-0.3, -0.25) is 4.79 Å². The van der Waals surface area contributed by atoms with E-state index in [1.54, 1.807) is 0 Å². The Morgan fingerprint density at radius 1 is 1.40 bits per heavy atom. The molecule has 1 fully saturated rings. The van der Waals surface area contributed by atoms with Crippen LogP contribution in [-0.4, -0.2) is 31.8 Å². The lowest BCUT2D eigenvalue weighted by Crippen LogP contribution is -2.31. The van der Waals surface area contributed by atoms with Crippen molar-refractivity contribution in [3.8, 4) is 5.75 Å². The van der Waals surface area contributed by atoms with Gasteiger partial charge in [0, 0.05) is 13.0 Å². The summed E-state index contributed by atoms with van der Waals surface area (Å²) in [6.07, 6.45) is 0.665. The van der Waals surface area contributed by atoms with Gasteiger partial charge in [0.2, 0.25) is 0 Å². The lowest BCUT2D eigenvalue weighted by Gasteiger charge is -2.17. The third-order valence-electron chi connectivity index (χ3n) is 3.75. The summed E-state index contributed by atoms with van der Waals surface area (Å²) in [6.45, 7) is 7.04. The van der Waals surface area contributed by atoms with Crippen LogP contribution in [0.2, 0.25) is 0 Å². The fourth-order valence-corrected chi connectivity index (χ4v) is 2.40. The molecular formula is C16H23NO3. The van der Waals surface area contributed by atoms with Gasteiger partial charge in [-0.15, -0.1) is 0 Å². The Labute approximate surface area is 120 Å². The van der Waals surface area contributed by atoms with Gasteiger partial charge < -0.3 is 14.8 Å². The number of carbonyl (C=O) groups excluding carboxylic acids is 1. The zero-order valence-electron chi connectivity index (χ0n) is 12.6. The van der Waals surface area contributed by atoms with E-state index < -0.39 is 0 Å². The largest absolute Gasteiger partial charge is 0.489 e. The van der Waals surface area contributed by atoms with Crippen molar-refractivity contribution in [2.75, 3.05) is 13.7 Å². The Kier molecular flexibility index (Phi) is 4.65. The second-order valence-corrected chi connectivity index (χ2v) is 5.64. The average molecular weight is 277 g/mol. The van der Waals surface area contributed by atoms with Gasteiger partial charge in [0.15, 0.2) is 0 Å². The van der Waals surface area contributed by atoms with Crippen LogP contribution < -0.4 is 10.1 Å². The molecule has 4 nitrogen and oxygen atoms in total. The molecule has 1 aliphatic heterocycles. The van der Waals surface area contributed by atoms with Crippen LogP contribution in [0.25, 0.3) is 0 Å². The van der Waals surface area contributed by atoms with Crippen LogP contribution in [0.1, 0.15) is 37.3 Å². The minimum absolute atomic E-state index is 0.0141. The second-order valence-electron chi connectivity index (χ2n) is 5.64. The average Bonchev–Trinajstić information content (AvgIpc) is 2.88. The lowest BCUT2D eigenvalue weighted by atomic mass is 10.0. The third kappa shape index (κ3) is 3.31. The Balaban J connectivity index is 2.04. The number of ether oxygens (including phenoxy) is 2. The van der Waals surface area contributed by atoms with Crippen LogP contribution in [0.3, 0.4) is 0 Å². The van der Waals surface area contributed by atoms with E-state index in [0.717, 1.165) is 11.3 Å². The first-order valence-corrected chi connectivity index (χ1v) is 7.09. The normalized spacial score (nSPS) is 22.1. The van der Waals surface area contributed by atoms with Crippen LogP contribution in [0.4, 0.5) is 0 Å². The summed E-state index contributed by atoms with van der Waals surface area (Å²) in [5.74, 6) is 1.17. The molecule has 4 heteroatoms. The molecule has 0 spiro atoms. The maximum atomic E-state index is 11.5. The van der Waals surface area contributed by atoms with Gasteiger partial charge in [0.05, 0.1) is 7.11 Å². The summed E-state index contributed by atoms with van der Waals surface area (Å²) in [5, 5.41) is 3.13. The Morgan fingerprint density at radius 3 is 2.80 bits per heavy atom. The number of hydrogen-bond donors (Lipinski definition) is 1. The van der Waals surface area contributed by atoms with Crippen molar-refractivity contribution in [2.45, 2.75) is 45.3 Å². The molecule has 1 N–H and O–H groups in total. The summed E-state index contributed by atoms with van der Waals surface area (Å²) in [7, 11) is 1.41. The molecular weight excluding hydrogens is 254 g/mol. The fraction of sp³-hybridized carbons (Fsp3) is 0.562. The van der Waals surface area contributed by atoms with Gasteiger partial charge in [-0.05, 0) is 30.0 Å². The van der Waals surface area contributed by atoms with Crippen molar-refractivity contribution in [1.29, 1.82) is 0 Å². The smallest absolute Gasteiger partial charge is 0.323 e. The zero-order chi connectivity index (χ0) is 14.7. The van der Waals surface area contributed by atoms with Gasteiger partial charge in [0.1, 0.15) is 17.9 Å². The molecule has 20 heavy (non-hydrogen) atoms. The van der Waals surface area contributed by atoms with E-state index in [1.807, 2.05) is 6.92 Å². The number of hydrogen-bond acceptors (Lipinski definition) is 4. The number of benzene rings is 1. The van der Waals surface area contributed by atoms with E-state index in [-0.39, 0.29) is 18.1 Å². The predicted octanol–water partition coefficient (Wildman–Crippen LogP) is 2.40. The summed E-state index contributed by atoms with van der Waals surface area (Å²) < 4.78 is 10.8. The van der Waals surface area contributed by atoms with Crippen LogP contribution in [0.5, 0.6) is 5.75 Å². The highest BCUT2D eigenvalue weighted by molar-refractivity contribution is 5.76. The Morgan fingerprint density at radius 2 is 2.15 bits per heavy atom. The first-order chi connectivity index (χ1) is 9.51. The molecule has 0 amide bonds. The van der Waals surface area contributed by atoms with Gasteiger partial charge in [-0.25, -0.2) is 0 Å². The first-order valence-electron chi connectivity index (χ1n) is 7.09. The molecule has 2 atom stereocenters. The van der Waals surface area contributed by atoms with Crippen molar-refractivity contribution in [1.82, 2.24) is 5.32 Å². The molecule has 1 heterocycles. The molecule has 2 rings (SSSR count). The summed E-state index contributed by atoms with van der Waals surface area (Å²) in [4.78, 5) is 11.5. The molecule has 1 aromatic rings. The lowest BCUT2D eigenvalue weighted by molar-refractivity contribution is -0.142. The van der Waals surface area contributed by atoms with Gasteiger partial charge >= 0.3 is 5.97 Å². The van der Waals surface area contributed by atoms with Crippen LogP contribution in [0.15, 0.2) is 18.2 Å². The summed E-state index contributed by atoms with van der Waals surface area (Å²) in [6, 6.07) is 6.08. The van der Waals surface area contributed by atoms with E-state index in [2.05, 4.69) is 37.4 Å². The zero-order valence-corrected chi connectivity index (χ0v) is 12.6. The minimum Gasteiger partial charge on any atom is -0.489 e. The van der Waals surface area contributed by atoms with Gasteiger partial charge in [0.25, 0.3) is 0 Å². The molecule has 0 aliphatic carbocycles. The maximum Gasteiger partial charge on any atom is 0.323 e. The highest BCUT2D eigenvalue weighted by atomic mass is 16.5. The highest BCUT2D eigenvalue weighted by Crippen LogP contribution is 2.26. The Bertz CT molecular complexity index is 485. The number of nitrogens with one attached hydrogen (secondary N) is 1. The van der Waals surface area contributed by atoms with E-state index >= 15 is 0 Å². The van der Waals surface area contributed by atoms with Gasteiger partial charge in [-0.1, -0.05) is 26.0 Å². The molecule has 0 unspecified atom stereocenters. The standard InChI is InChI=1S/C16H23NO3/c1-10(2)12-6-5-11(3)15(7-12)20-13-8-14(17-9-13)16(18)19-4/h5-7,10,13-14,17H,8-9H2,1-4H3/t13-,14+/m1/s1. The maximum absolute atomic E-state index is 11.5. The molecule has 1 aliphatic rings. The summed E-state index contributed by atoms with van der Waals surface area (Å²) in [5.41, 5.74) is 2.39. The number of rotatable bonds is 4. The third-order valence-corrected chi connectivity index (χ3v) is 3.75. The van der Waals surface area contributed by atoms with Crippen molar-refractivity contribution in [3.63, 3.8) is 0 Å². The molecule has 0 bridgehead atoms. The second kappa shape index (κ2) is 6.27. The van der Waals surface area contributed by atoms with Crippen molar-refractivity contribution >= 4 is 5.97 Å². The van der Waals surface area contributed by atoms with E-state index in [1.165, 1.54) is 12.7 Å². The molecule has 0 aromatic heterocycles. The monoisotopic (exact) mass is 277 g/mol. The molecule has 0 radical (unpaired) electrons. The summed E-state index contributed by atoms with van der Waals surface area (Å²) >= 11 is 0. The number of carbonyl (C=O) groups is 1. The Hall–Kier alpha value is -1.55. The fourth-order valence-electron chi connectivity index (χ4n) is 2.40. The number of aryl methyl sites for hydroxylation is 1. The van der Waals surface area contributed by atoms with Crippen molar-refractivity contribution < 1.29 is 14.3 Å². The topological polar surface area (TPSA) is 47.6 Å². The van der Waals surface area contributed by atoms with Crippen molar-refractivity contribution in [2.24, 2.45) is 0 Å². The number of methoxy groups -OCH3 is 1. The highest BCUT2D eigenvalue weighted by Gasteiger charge is 2.31. The quantitative estimate of drug-likeness (QED) is 0.859.